The van der Waals surface area contributed by atoms with Crippen molar-refractivity contribution in [1.29, 1.82) is 0 Å². The zero-order chi connectivity index (χ0) is 26.3. The molecule has 0 aromatic heterocycles. The predicted molar refractivity (Wildman–Crippen MR) is 118 cm³/mol. The Morgan fingerprint density at radius 2 is 1.06 bits per heavy atom. The number of nitrogens with zero attached hydrogens (tertiary/aromatic N) is 1. The maximum Gasteiger partial charge on any atom is 0.416 e. The van der Waals surface area contributed by atoms with E-state index in [1.54, 1.807) is 0 Å². The molecule has 4 rings (SSSR count). The molecule has 190 valence electrons. The zero-order valence-corrected chi connectivity index (χ0v) is 18.9. The topological polar surface area (TPSA) is 21.6 Å². The molecule has 3 aromatic rings. The monoisotopic (exact) mass is 535 g/mol. The third-order valence-electron chi connectivity index (χ3n) is 5.29. The Morgan fingerprint density at radius 1 is 0.611 bits per heavy atom. The van der Waals surface area contributed by atoms with Crippen LogP contribution in [0.25, 0.3) is 0 Å². The van der Waals surface area contributed by atoms with Gasteiger partial charge in [-0.1, -0.05) is 30.3 Å². The van der Waals surface area contributed by atoms with E-state index in [1.807, 2.05) is 0 Å². The van der Waals surface area contributed by atoms with E-state index in [0.29, 0.717) is 0 Å². The summed E-state index contributed by atoms with van der Waals surface area (Å²) in [4.78, 5) is 4.09. The number of hydrogen-bond donors (Lipinski definition) is 0. The third kappa shape index (κ3) is 5.51. The van der Waals surface area contributed by atoms with E-state index in [2.05, 4.69) is 4.99 Å². The number of alkyl halides is 9. The Hall–Kier alpha value is -3.07. The molecule has 0 aliphatic carbocycles. The van der Waals surface area contributed by atoms with Crippen LogP contribution in [0.5, 0.6) is 0 Å². The van der Waals surface area contributed by atoms with Gasteiger partial charge in [0.2, 0.25) is 5.90 Å². The highest BCUT2D eigenvalue weighted by molar-refractivity contribution is 7.80. The van der Waals surface area contributed by atoms with E-state index in [0.717, 1.165) is 36.4 Å². The maximum atomic E-state index is 13.5. The normalized spacial score (nSPS) is 14.7. The second-order valence-corrected chi connectivity index (χ2v) is 9.88. The molecule has 12 heteroatoms. The molecule has 0 amide bonds. The average Bonchev–Trinajstić information content (AvgIpc) is 3.33. The second kappa shape index (κ2) is 9.42. The summed E-state index contributed by atoms with van der Waals surface area (Å²) < 4.78 is 124. The van der Waals surface area contributed by atoms with Gasteiger partial charge in [0.1, 0.15) is 6.61 Å². The smallest absolute Gasteiger partial charge is 0.416 e. The lowest BCUT2D eigenvalue weighted by molar-refractivity contribution is -0.138. The fraction of sp³-hybridized carbons (Fsp3) is 0.208. The van der Waals surface area contributed by atoms with Gasteiger partial charge in [0, 0.05) is 5.56 Å². The molecule has 0 radical (unpaired) electrons. The van der Waals surface area contributed by atoms with Gasteiger partial charge in [-0.05, 0) is 60.2 Å². The van der Waals surface area contributed by atoms with Gasteiger partial charge < -0.3 is 4.74 Å². The van der Waals surface area contributed by atoms with Crippen molar-refractivity contribution in [3.63, 3.8) is 0 Å². The highest BCUT2D eigenvalue weighted by Crippen LogP contribution is 2.39. The van der Waals surface area contributed by atoms with Crippen LogP contribution in [-0.2, 0) is 23.3 Å². The second-order valence-electron chi connectivity index (χ2n) is 7.69. The summed E-state index contributed by atoms with van der Waals surface area (Å²) in [5.74, 6) is -0.0672. The molecule has 0 N–H and O–H groups in total. The Bertz CT molecular complexity index is 1200. The minimum Gasteiger partial charge on any atom is -0.475 e. The molecule has 3 aromatic carbocycles. The van der Waals surface area contributed by atoms with Crippen LogP contribution in [0.3, 0.4) is 0 Å². The summed E-state index contributed by atoms with van der Waals surface area (Å²) in [6.45, 7) is 0.326. The minimum atomic E-state index is -4.70. The van der Waals surface area contributed by atoms with Crippen molar-refractivity contribution in [2.45, 2.75) is 18.5 Å². The van der Waals surface area contributed by atoms with Crippen molar-refractivity contribution in [3.8, 4) is 0 Å². The van der Waals surface area contributed by atoms with Gasteiger partial charge in [0.25, 0.3) is 0 Å². The van der Waals surface area contributed by atoms with Crippen molar-refractivity contribution in [2.24, 2.45) is 4.99 Å². The van der Waals surface area contributed by atoms with Crippen LogP contribution in [0.1, 0.15) is 22.3 Å². The maximum absolute atomic E-state index is 13.5. The first-order chi connectivity index (χ1) is 16.7. The summed E-state index contributed by atoms with van der Waals surface area (Å²) in [5.41, 5.74) is -2.89. The molecule has 2 nitrogen and oxygen atoms in total. The fourth-order valence-corrected chi connectivity index (χ4v) is 5.98. The molecular formula is C24H15F9NOP. The summed E-state index contributed by atoms with van der Waals surface area (Å²) in [7, 11) is -1.89. The largest absolute Gasteiger partial charge is 0.475 e. The molecule has 0 fully saturated rings. The highest BCUT2D eigenvalue weighted by Gasteiger charge is 2.35. The lowest BCUT2D eigenvalue weighted by Gasteiger charge is -2.24. The zero-order valence-electron chi connectivity index (χ0n) is 18.0. The highest BCUT2D eigenvalue weighted by atomic mass is 31.1. The van der Waals surface area contributed by atoms with Crippen molar-refractivity contribution >= 4 is 29.7 Å². The molecule has 1 aliphatic heterocycles. The van der Waals surface area contributed by atoms with Gasteiger partial charge in [-0.3, -0.25) is 0 Å². The van der Waals surface area contributed by atoms with Crippen LogP contribution < -0.4 is 15.9 Å². The van der Waals surface area contributed by atoms with E-state index in [-0.39, 0.29) is 40.5 Å². The summed E-state index contributed by atoms with van der Waals surface area (Å²) in [6.07, 6.45) is -13.9. The van der Waals surface area contributed by atoms with E-state index in [4.69, 9.17) is 4.74 Å². The Morgan fingerprint density at radius 3 is 1.44 bits per heavy atom. The lowest BCUT2D eigenvalue weighted by atomic mass is 10.1. The number of rotatable bonds is 4. The SMILES string of the molecule is FC(F)(F)c1ccc(P(c2ccc(C(F)(F)F)cc2)c2ccc(C(F)(F)F)cc2C2=NCCO2)cc1. The molecule has 0 saturated carbocycles. The number of hydrogen-bond acceptors (Lipinski definition) is 2. The molecule has 0 saturated heterocycles. The predicted octanol–water partition coefficient (Wildman–Crippen LogP) is 6.28. The number of halogens is 9. The van der Waals surface area contributed by atoms with Crippen LogP contribution in [0.4, 0.5) is 39.5 Å². The number of aliphatic imine (C=N–C) groups is 1. The van der Waals surface area contributed by atoms with Gasteiger partial charge >= 0.3 is 18.5 Å². The van der Waals surface area contributed by atoms with Gasteiger partial charge in [0.05, 0.1) is 23.2 Å². The molecule has 1 heterocycles. The van der Waals surface area contributed by atoms with E-state index in [1.165, 1.54) is 30.3 Å². The standard InChI is InChI=1S/C24H15F9NOP/c25-22(26,27)14-1-6-17(7-2-14)36(18-8-3-15(4-9-18)23(28,29)30)20-10-5-16(24(31,32)33)13-19(20)21-34-11-12-35-21/h1-10,13H,11-12H2. The van der Waals surface area contributed by atoms with E-state index >= 15 is 0 Å². The number of benzene rings is 3. The molecule has 1 aliphatic rings. The van der Waals surface area contributed by atoms with Crippen molar-refractivity contribution in [1.82, 2.24) is 0 Å². The van der Waals surface area contributed by atoms with Gasteiger partial charge in [0.15, 0.2) is 0 Å². The molecular weight excluding hydrogens is 520 g/mol. The van der Waals surface area contributed by atoms with Gasteiger partial charge in [-0.15, -0.1) is 0 Å². The summed E-state index contributed by atoms with van der Waals surface area (Å²) in [5, 5.41) is 0.827. The molecule has 0 atom stereocenters. The lowest BCUT2D eigenvalue weighted by Crippen LogP contribution is -2.27. The number of ether oxygens (including phenoxy) is 1. The van der Waals surface area contributed by atoms with Crippen LogP contribution in [0, 0.1) is 0 Å². The molecule has 0 unspecified atom stereocenters. The van der Waals surface area contributed by atoms with Crippen LogP contribution in [-0.4, -0.2) is 19.0 Å². The minimum absolute atomic E-state index is 0.0202. The Labute approximate surface area is 200 Å². The fourth-order valence-electron chi connectivity index (χ4n) is 3.60. The molecule has 0 spiro atoms. The first-order valence-electron chi connectivity index (χ1n) is 10.3. The molecule has 36 heavy (non-hydrogen) atoms. The third-order valence-corrected chi connectivity index (χ3v) is 7.79. The Kier molecular flexibility index (Phi) is 6.81. The van der Waals surface area contributed by atoms with Crippen molar-refractivity contribution < 1.29 is 44.3 Å². The average molecular weight is 535 g/mol. The van der Waals surface area contributed by atoms with Gasteiger partial charge in [-0.25, -0.2) is 4.99 Å². The summed E-state index contributed by atoms with van der Waals surface area (Å²) >= 11 is 0. The van der Waals surface area contributed by atoms with Crippen LogP contribution in [0.15, 0.2) is 71.7 Å². The molecule has 0 bridgehead atoms. The van der Waals surface area contributed by atoms with Crippen LogP contribution in [0.2, 0.25) is 0 Å². The quantitative estimate of drug-likeness (QED) is 0.285. The van der Waals surface area contributed by atoms with E-state index < -0.39 is 43.1 Å². The van der Waals surface area contributed by atoms with Crippen molar-refractivity contribution in [3.05, 3.63) is 89.0 Å². The first-order valence-corrected chi connectivity index (χ1v) is 11.6. The van der Waals surface area contributed by atoms with Gasteiger partial charge in [-0.2, -0.15) is 39.5 Å². The Balaban J connectivity index is 1.92. The summed E-state index contributed by atoms with van der Waals surface area (Å²) in [6, 6.07) is 10.8. The van der Waals surface area contributed by atoms with Crippen LogP contribution >= 0.6 is 7.92 Å². The first kappa shape index (κ1) is 26.0. The van der Waals surface area contributed by atoms with E-state index in [9.17, 15) is 39.5 Å². The van der Waals surface area contributed by atoms with Crippen molar-refractivity contribution in [2.75, 3.05) is 13.2 Å².